The first-order valence-electron chi connectivity index (χ1n) is 7.79. The summed E-state index contributed by atoms with van der Waals surface area (Å²) < 4.78 is 26.7. The minimum Gasteiger partial charge on any atom is -0.391 e. The predicted octanol–water partition coefficient (Wildman–Crippen LogP) is 2.18. The molecule has 7 heteroatoms. The van der Waals surface area contributed by atoms with Crippen LogP contribution in [0.25, 0.3) is 0 Å². The topological polar surface area (TPSA) is 69.2 Å². The Bertz CT molecular complexity index is 756. The fourth-order valence-electron chi connectivity index (χ4n) is 3.21. The Morgan fingerprint density at radius 1 is 1.38 bits per heavy atom. The van der Waals surface area contributed by atoms with E-state index in [4.69, 9.17) is 0 Å². The average molecular weight is 335 g/mol. The van der Waals surface area contributed by atoms with E-state index >= 15 is 0 Å². The van der Waals surface area contributed by atoms with Crippen molar-refractivity contribution in [2.75, 3.05) is 6.54 Å². The van der Waals surface area contributed by atoms with Crippen LogP contribution in [0.5, 0.6) is 0 Å². The molecule has 1 aliphatic heterocycles. The number of aliphatic hydroxyl groups is 1. The van der Waals surface area contributed by atoms with E-state index in [2.05, 4.69) is 10.2 Å². The van der Waals surface area contributed by atoms with Crippen LogP contribution in [-0.4, -0.2) is 38.8 Å². The fourth-order valence-corrected chi connectivity index (χ4v) is 3.21. The van der Waals surface area contributed by atoms with E-state index in [1.54, 1.807) is 0 Å². The second-order valence-electron chi connectivity index (χ2n) is 6.21. The summed E-state index contributed by atoms with van der Waals surface area (Å²) >= 11 is 0. The number of benzene rings is 1. The molecule has 1 aromatic carbocycles. The highest BCUT2D eigenvalue weighted by Crippen LogP contribution is 2.33. The van der Waals surface area contributed by atoms with Gasteiger partial charge in [-0.05, 0) is 38.0 Å². The van der Waals surface area contributed by atoms with Gasteiger partial charge in [0, 0.05) is 17.8 Å². The standard InChI is InChI=1S/C17H19F2N3O2/c1-9-13(10(2)21-20-9)7-17(24)22-8-12(23)6-16(22)11-3-4-14(18)15(19)5-11/h3-5,12,16,23H,6-8H2,1-2H3,(H,20,21)/t12-,16-/m0/s1. The Morgan fingerprint density at radius 2 is 2.12 bits per heavy atom. The van der Waals surface area contributed by atoms with Crippen LogP contribution in [0.2, 0.25) is 0 Å². The Hall–Kier alpha value is -2.28. The second-order valence-corrected chi connectivity index (χ2v) is 6.21. The summed E-state index contributed by atoms with van der Waals surface area (Å²) in [5, 5.41) is 16.9. The third kappa shape index (κ3) is 3.03. The first-order chi connectivity index (χ1) is 11.4. The molecular formula is C17H19F2N3O2. The van der Waals surface area contributed by atoms with E-state index in [-0.39, 0.29) is 18.9 Å². The summed E-state index contributed by atoms with van der Waals surface area (Å²) in [6.07, 6.45) is -0.222. The fraction of sp³-hybridized carbons (Fsp3) is 0.412. The molecule has 2 atom stereocenters. The summed E-state index contributed by atoms with van der Waals surface area (Å²) in [5.74, 6) is -2.06. The molecule has 2 heterocycles. The smallest absolute Gasteiger partial charge is 0.227 e. The molecule has 2 aromatic rings. The van der Waals surface area contributed by atoms with Crippen molar-refractivity contribution in [1.29, 1.82) is 0 Å². The van der Waals surface area contributed by atoms with Crippen LogP contribution >= 0.6 is 0 Å². The minimum absolute atomic E-state index is 0.154. The molecule has 1 saturated heterocycles. The normalized spacial score (nSPS) is 20.6. The van der Waals surface area contributed by atoms with Crippen molar-refractivity contribution in [2.24, 2.45) is 0 Å². The van der Waals surface area contributed by atoms with Gasteiger partial charge in [-0.15, -0.1) is 0 Å². The van der Waals surface area contributed by atoms with Gasteiger partial charge in [-0.1, -0.05) is 6.07 Å². The third-order valence-corrected chi connectivity index (χ3v) is 4.54. The Balaban J connectivity index is 1.84. The van der Waals surface area contributed by atoms with Crippen LogP contribution in [0.1, 0.15) is 35.0 Å². The molecule has 3 rings (SSSR count). The molecule has 128 valence electrons. The molecule has 0 aliphatic carbocycles. The number of amides is 1. The summed E-state index contributed by atoms with van der Waals surface area (Å²) in [4.78, 5) is 14.2. The van der Waals surface area contributed by atoms with Crippen LogP contribution in [0, 0.1) is 25.5 Å². The van der Waals surface area contributed by atoms with Crippen LogP contribution in [0.3, 0.4) is 0 Å². The molecule has 0 spiro atoms. The van der Waals surface area contributed by atoms with Gasteiger partial charge in [-0.3, -0.25) is 9.89 Å². The lowest BCUT2D eigenvalue weighted by atomic mass is 10.0. The molecule has 0 bridgehead atoms. The highest BCUT2D eigenvalue weighted by atomic mass is 19.2. The molecule has 0 unspecified atom stereocenters. The van der Waals surface area contributed by atoms with E-state index in [9.17, 15) is 18.7 Å². The number of nitrogens with one attached hydrogen (secondary N) is 1. The number of rotatable bonds is 3. The number of β-amino-alcohol motifs (C(OH)–C–C–N with tert-alkyl or cyclic N) is 1. The molecule has 24 heavy (non-hydrogen) atoms. The first-order valence-corrected chi connectivity index (χ1v) is 7.79. The predicted molar refractivity (Wildman–Crippen MR) is 83.2 cm³/mol. The van der Waals surface area contributed by atoms with Gasteiger partial charge >= 0.3 is 0 Å². The van der Waals surface area contributed by atoms with E-state index in [1.165, 1.54) is 11.0 Å². The second kappa shape index (κ2) is 6.32. The molecule has 1 aromatic heterocycles. The molecule has 0 radical (unpaired) electrons. The quantitative estimate of drug-likeness (QED) is 0.903. The number of H-pyrrole nitrogens is 1. The lowest BCUT2D eigenvalue weighted by molar-refractivity contribution is -0.131. The van der Waals surface area contributed by atoms with E-state index in [0.29, 0.717) is 12.0 Å². The molecule has 0 saturated carbocycles. The molecule has 1 fully saturated rings. The Labute approximate surface area is 138 Å². The maximum atomic E-state index is 13.5. The first kappa shape index (κ1) is 16.6. The van der Waals surface area contributed by atoms with E-state index < -0.39 is 23.8 Å². The highest BCUT2D eigenvalue weighted by molar-refractivity contribution is 5.80. The van der Waals surface area contributed by atoms with E-state index in [0.717, 1.165) is 29.1 Å². The van der Waals surface area contributed by atoms with Crippen molar-refractivity contribution < 1.29 is 18.7 Å². The molecule has 1 amide bonds. The zero-order valence-electron chi connectivity index (χ0n) is 13.5. The Kier molecular flexibility index (Phi) is 4.36. The van der Waals surface area contributed by atoms with Gasteiger partial charge in [0.1, 0.15) is 0 Å². The van der Waals surface area contributed by atoms with Crippen molar-refractivity contribution >= 4 is 5.91 Å². The van der Waals surface area contributed by atoms with Crippen molar-refractivity contribution in [2.45, 2.75) is 38.8 Å². The van der Waals surface area contributed by atoms with Gasteiger partial charge in [0.2, 0.25) is 5.91 Å². The monoisotopic (exact) mass is 335 g/mol. The third-order valence-electron chi connectivity index (χ3n) is 4.54. The SMILES string of the molecule is Cc1n[nH]c(C)c1CC(=O)N1C[C@@H](O)C[C@H]1c1ccc(F)c(F)c1. The molecular weight excluding hydrogens is 316 g/mol. The molecule has 5 nitrogen and oxygen atoms in total. The van der Waals surface area contributed by atoms with Crippen LogP contribution in [-0.2, 0) is 11.2 Å². The van der Waals surface area contributed by atoms with Crippen molar-refractivity contribution in [3.8, 4) is 0 Å². The van der Waals surface area contributed by atoms with Crippen LogP contribution < -0.4 is 0 Å². The van der Waals surface area contributed by atoms with Crippen molar-refractivity contribution in [1.82, 2.24) is 15.1 Å². The zero-order valence-corrected chi connectivity index (χ0v) is 13.5. The van der Waals surface area contributed by atoms with Gasteiger partial charge in [0.05, 0.1) is 24.3 Å². The van der Waals surface area contributed by atoms with Gasteiger partial charge in [-0.2, -0.15) is 5.10 Å². The zero-order chi connectivity index (χ0) is 17.4. The van der Waals surface area contributed by atoms with E-state index in [1.807, 2.05) is 13.8 Å². The number of aryl methyl sites for hydroxylation is 2. The van der Waals surface area contributed by atoms with Crippen LogP contribution in [0.4, 0.5) is 8.78 Å². The summed E-state index contributed by atoms with van der Waals surface area (Å²) in [5.41, 5.74) is 2.89. The number of likely N-dealkylation sites (tertiary alicyclic amines) is 1. The maximum Gasteiger partial charge on any atom is 0.227 e. The summed E-state index contributed by atoms with van der Waals surface area (Å²) in [6.45, 7) is 3.84. The highest BCUT2D eigenvalue weighted by Gasteiger charge is 2.35. The minimum atomic E-state index is -0.956. The summed E-state index contributed by atoms with van der Waals surface area (Å²) in [7, 11) is 0. The lowest BCUT2D eigenvalue weighted by Crippen LogP contribution is -2.33. The number of aliphatic hydroxyl groups excluding tert-OH is 1. The number of hydrogen-bond acceptors (Lipinski definition) is 3. The number of halogens is 2. The largest absolute Gasteiger partial charge is 0.391 e. The van der Waals surface area contributed by atoms with Crippen molar-refractivity contribution in [3.63, 3.8) is 0 Å². The molecule has 2 N–H and O–H groups in total. The van der Waals surface area contributed by atoms with Gasteiger partial charge in [-0.25, -0.2) is 8.78 Å². The number of carbonyl (C=O) groups is 1. The number of nitrogens with zero attached hydrogens (tertiary/aromatic N) is 2. The summed E-state index contributed by atoms with van der Waals surface area (Å²) in [6, 6.07) is 3.13. The maximum absolute atomic E-state index is 13.5. The lowest BCUT2D eigenvalue weighted by Gasteiger charge is -2.25. The van der Waals surface area contributed by atoms with Gasteiger partial charge < -0.3 is 10.0 Å². The van der Waals surface area contributed by atoms with Crippen molar-refractivity contribution in [3.05, 3.63) is 52.3 Å². The van der Waals surface area contributed by atoms with Crippen LogP contribution in [0.15, 0.2) is 18.2 Å². The average Bonchev–Trinajstić information content (AvgIpc) is 3.07. The number of aromatic amines is 1. The number of hydrogen-bond donors (Lipinski definition) is 2. The van der Waals surface area contributed by atoms with Gasteiger partial charge in [0.25, 0.3) is 0 Å². The van der Waals surface area contributed by atoms with Gasteiger partial charge in [0.15, 0.2) is 11.6 Å². The number of carbonyl (C=O) groups excluding carboxylic acids is 1. The number of aromatic nitrogens is 2. The molecule has 1 aliphatic rings. The Morgan fingerprint density at radius 3 is 2.75 bits per heavy atom.